The number of ketones is 1. The number of Topliss-reactive ketones (excluding diaryl/α,β-unsaturated/α-hetero) is 1. The van der Waals surface area contributed by atoms with Crippen molar-refractivity contribution in [1.29, 1.82) is 0 Å². The summed E-state index contributed by atoms with van der Waals surface area (Å²) in [6.07, 6.45) is 5.74. The Kier molecular flexibility index (Phi) is 9.58. The molecule has 0 aromatic carbocycles. The third-order valence-corrected chi connectivity index (χ3v) is 5.30. The second kappa shape index (κ2) is 11.1. The second-order valence-corrected chi connectivity index (χ2v) is 7.97. The summed E-state index contributed by atoms with van der Waals surface area (Å²) < 4.78 is 4.69. The number of ether oxygens (including phenoxy) is 1. The Morgan fingerprint density at radius 1 is 1.07 bits per heavy atom. The Hall–Kier alpha value is -1.96. The van der Waals surface area contributed by atoms with Gasteiger partial charge in [-0.05, 0) is 25.2 Å². The van der Waals surface area contributed by atoms with Crippen molar-refractivity contribution in [2.24, 2.45) is 11.7 Å². The quantitative estimate of drug-likeness (QED) is 0.375. The van der Waals surface area contributed by atoms with Gasteiger partial charge in [-0.2, -0.15) is 0 Å². The van der Waals surface area contributed by atoms with Crippen LogP contribution in [-0.4, -0.2) is 48.3 Å². The Labute approximate surface area is 167 Å². The van der Waals surface area contributed by atoms with E-state index in [9.17, 15) is 19.2 Å². The number of nitrogens with two attached hydrogens (primary N) is 1. The van der Waals surface area contributed by atoms with Gasteiger partial charge in [0.2, 0.25) is 11.7 Å². The first-order valence-corrected chi connectivity index (χ1v) is 10.2. The smallest absolute Gasteiger partial charge is 0.328 e. The van der Waals surface area contributed by atoms with E-state index in [0.29, 0.717) is 25.7 Å². The molecule has 0 aromatic heterocycles. The molecule has 8 heteroatoms. The van der Waals surface area contributed by atoms with Crippen LogP contribution >= 0.6 is 0 Å². The number of carbonyl (C=O) groups is 4. The van der Waals surface area contributed by atoms with Crippen molar-refractivity contribution in [2.75, 3.05) is 7.11 Å². The number of amides is 2. The zero-order valence-corrected chi connectivity index (χ0v) is 17.5. The van der Waals surface area contributed by atoms with Crippen molar-refractivity contribution < 1.29 is 23.9 Å². The number of unbranched alkanes of at least 4 members (excludes halogenated alkanes) is 1. The molecule has 1 rings (SSSR count). The van der Waals surface area contributed by atoms with E-state index >= 15 is 0 Å². The van der Waals surface area contributed by atoms with Crippen LogP contribution in [0.2, 0.25) is 0 Å². The normalized spacial score (nSPS) is 18.1. The first kappa shape index (κ1) is 24.1. The highest BCUT2D eigenvalue weighted by Gasteiger charge is 2.38. The molecule has 160 valence electrons. The first-order chi connectivity index (χ1) is 13.2. The van der Waals surface area contributed by atoms with Crippen molar-refractivity contribution in [3.63, 3.8) is 0 Å². The summed E-state index contributed by atoms with van der Waals surface area (Å²) in [4.78, 5) is 49.7. The molecule has 0 heterocycles. The van der Waals surface area contributed by atoms with Crippen LogP contribution in [-0.2, 0) is 23.9 Å². The van der Waals surface area contributed by atoms with Gasteiger partial charge in [-0.15, -0.1) is 0 Å². The van der Waals surface area contributed by atoms with Crippen LogP contribution < -0.4 is 16.4 Å². The Balaban J connectivity index is 2.86. The van der Waals surface area contributed by atoms with E-state index in [4.69, 9.17) is 5.73 Å². The molecule has 1 saturated carbocycles. The third kappa shape index (κ3) is 6.58. The maximum Gasteiger partial charge on any atom is 0.328 e. The van der Waals surface area contributed by atoms with Crippen molar-refractivity contribution in [2.45, 2.75) is 89.8 Å². The SMILES string of the molecule is CCCC[C@H](NC(=O)C1(N)CCCCC1)C(=O)C(=O)N[C@@H](C(=O)OC)C(C)C. The lowest BCUT2D eigenvalue weighted by molar-refractivity contribution is -0.148. The summed E-state index contributed by atoms with van der Waals surface area (Å²) in [6.45, 7) is 5.44. The number of methoxy groups -OCH3 is 1. The standard InChI is InChI=1S/C20H35N3O5/c1-5-6-10-14(22-19(27)20(21)11-8-7-9-12-20)16(24)17(25)23-15(13(2)3)18(26)28-4/h13-15H,5-12,21H2,1-4H3,(H,22,27)(H,23,25)/t14-,15+/m0/s1. The largest absolute Gasteiger partial charge is 0.467 e. The van der Waals surface area contributed by atoms with E-state index in [-0.39, 0.29) is 11.8 Å². The van der Waals surface area contributed by atoms with Gasteiger partial charge in [0, 0.05) is 0 Å². The van der Waals surface area contributed by atoms with Crippen LogP contribution in [0.25, 0.3) is 0 Å². The zero-order valence-electron chi connectivity index (χ0n) is 17.5. The topological polar surface area (TPSA) is 128 Å². The lowest BCUT2D eigenvalue weighted by atomic mass is 9.81. The summed E-state index contributed by atoms with van der Waals surface area (Å²) in [5.74, 6) is -2.92. The molecule has 0 spiro atoms. The van der Waals surface area contributed by atoms with Crippen molar-refractivity contribution in [3.8, 4) is 0 Å². The van der Waals surface area contributed by atoms with E-state index in [1.807, 2.05) is 6.92 Å². The van der Waals surface area contributed by atoms with E-state index in [2.05, 4.69) is 15.4 Å². The fourth-order valence-corrected chi connectivity index (χ4v) is 3.38. The van der Waals surface area contributed by atoms with Crippen LogP contribution in [0, 0.1) is 5.92 Å². The number of hydrogen-bond donors (Lipinski definition) is 3. The summed E-state index contributed by atoms with van der Waals surface area (Å²) in [6, 6.07) is -1.89. The van der Waals surface area contributed by atoms with E-state index < -0.39 is 35.3 Å². The summed E-state index contributed by atoms with van der Waals surface area (Å²) >= 11 is 0. The fourth-order valence-electron chi connectivity index (χ4n) is 3.38. The Bertz CT molecular complexity index is 570. The van der Waals surface area contributed by atoms with Gasteiger partial charge in [0.1, 0.15) is 6.04 Å². The number of esters is 1. The molecular formula is C20H35N3O5. The minimum Gasteiger partial charge on any atom is -0.467 e. The second-order valence-electron chi connectivity index (χ2n) is 7.97. The molecule has 0 saturated heterocycles. The van der Waals surface area contributed by atoms with Crippen LogP contribution in [0.1, 0.15) is 72.1 Å². The monoisotopic (exact) mass is 397 g/mol. The minimum absolute atomic E-state index is 0.248. The predicted octanol–water partition coefficient (Wildman–Crippen LogP) is 1.21. The van der Waals surface area contributed by atoms with E-state index in [1.165, 1.54) is 7.11 Å². The number of rotatable bonds is 10. The van der Waals surface area contributed by atoms with Gasteiger partial charge in [0.25, 0.3) is 5.91 Å². The van der Waals surface area contributed by atoms with Gasteiger partial charge >= 0.3 is 5.97 Å². The maximum atomic E-state index is 12.7. The van der Waals surface area contributed by atoms with E-state index in [1.54, 1.807) is 13.8 Å². The molecular weight excluding hydrogens is 362 g/mol. The highest BCUT2D eigenvalue weighted by Crippen LogP contribution is 2.26. The molecule has 2 amide bonds. The van der Waals surface area contributed by atoms with Gasteiger partial charge in [-0.1, -0.05) is 52.9 Å². The van der Waals surface area contributed by atoms with Gasteiger partial charge in [-0.3, -0.25) is 14.4 Å². The highest BCUT2D eigenvalue weighted by molar-refractivity contribution is 6.38. The van der Waals surface area contributed by atoms with Crippen LogP contribution in [0.3, 0.4) is 0 Å². The Morgan fingerprint density at radius 3 is 2.18 bits per heavy atom. The Morgan fingerprint density at radius 2 is 1.68 bits per heavy atom. The first-order valence-electron chi connectivity index (χ1n) is 10.2. The van der Waals surface area contributed by atoms with Crippen LogP contribution in [0.4, 0.5) is 0 Å². The number of carbonyl (C=O) groups excluding carboxylic acids is 4. The molecule has 0 aromatic rings. The lowest BCUT2D eigenvalue weighted by Gasteiger charge is -2.33. The summed E-state index contributed by atoms with van der Waals surface area (Å²) in [5, 5.41) is 5.14. The predicted molar refractivity (Wildman–Crippen MR) is 105 cm³/mol. The van der Waals surface area contributed by atoms with Crippen LogP contribution in [0.5, 0.6) is 0 Å². The highest BCUT2D eigenvalue weighted by atomic mass is 16.5. The van der Waals surface area contributed by atoms with Gasteiger partial charge in [0.05, 0.1) is 18.7 Å². The lowest BCUT2D eigenvalue weighted by Crippen LogP contribution is -2.60. The average molecular weight is 398 g/mol. The summed E-state index contributed by atoms with van der Waals surface area (Å²) in [7, 11) is 1.22. The summed E-state index contributed by atoms with van der Waals surface area (Å²) in [5.41, 5.74) is 5.25. The molecule has 1 aliphatic carbocycles. The molecule has 0 radical (unpaired) electrons. The number of hydrogen-bond acceptors (Lipinski definition) is 6. The molecule has 28 heavy (non-hydrogen) atoms. The molecule has 0 bridgehead atoms. The minimum atomic E-state index is -0.994. The molecule has 1 fully saturated rings. The third-order valence-electron chi connectivity index (χ3n) is 5.30. The zero-order chi connectivity index (χ0) is 21.3. The van der Waals surface area contributed by atoms with Crippen molar-refractivity contribution in [1.82, 2.24) is 10.6 Å². The van der Waals surface area contributed by atoms with Crippen molar-refractivity contribution in [3.05, 3.63) is 0 Å². The molecule has 2 atom stereocenters. The molecule has 4 N–H and O–H groups in total. The van der Waals surface area contributed by atoms with Gasteiger partial charge in [-0.25, -0.2) is 4.79 Å². The molecule has 8 nitrogen and oxygen atoms in total. The average Bonchev–Trinajstić information content (AvgIpc) is 2.67. The van der Waals surface area contributed by atoms with E-state index in [0.717, 1.165) is 25.7 Å². The maximum absolute atomic E-state index is 12.7. The van der Waals surface area contributed by atoms with Crippen LogP contribution in [0.15, 0.2) is 0 Å². The fraction of sp³-hybridized carbons (Fsp3) is 0.800. The molecule has 0 aliphatic heterocycles. The van der Waals surface area contributed by atoms with Crippen molar-refractivity contribution >= 4 is 23.6 Å². The molecule has 1 aliphatic rings. The number of nitrogens with one attached hydrogen (secondary N) is 2. The molecule has 0 unspecified atom stereocenters. The van der Waals surface area contributed by atoms with Gasteiger partial charge in [0.15, 0.2) is 0 Å². The van der Waals surface area contributed by atoms with Gasteiger partial charge < -0.3 is 21.1 Å².